The Morgan fingerprint density at radius 2 is 1.72 bits per heavy atom. The second-order valence-electron chi connectivity index (χ2n) is 15.0. The zero-order valence-electron chi connectivity index (χ0n) is 33.4. The maximum absolute atomic E-state index is 13.4. The maximum Gasteiger partial charge on any atom is 0.263 e. The Labute approximate surface area is 356 Å². The van der Waals surface area contributed by atoms with E-state index in [0.717, 1.165) is 46.1 Å². The van der Waals surface area contributed by atoms with E-state index in [1.807, 2.05) is 72.5 Å². The first kappa shape index (κ1) is 41.0. The van der Waals surface area contributed by atoms with Crippen LogP contribution < -0.4 is 16.0 Å². The van der Waals surface area contributed by atoms with Gasteiger partial charge in [0.25, 0.3) is 17.7 Å². The lowest BCUT2D eigenvalue weighted by Gasteiger charge is -2.34. The van der Waals surface area contributed by atoms with E-state index in [2.05, 4.69) is 35.8 Å². The van der Waals surface area contributed by atoms with Crippen LogP contribution in [0.1, 0.15) is 67.9 Å². The molecule has 3 aliphatic heterocycles. The quantitative estimate of drug-likeness (QED) is 0.0774. The molecule has 61 heavy (non-hydrogen) atoms. The van der Waals surface area contributed by atoms with Crippen LogP contribution in [-0.2, 0) is 20.9 Å². The van der Waals surface area contributed by atoms with E-state index in [4.69, 9.17) is 0 Å². The van der Waals surface area contributed by atoms with Gasteiger partial charge in [-0.25, -0.2) is 9.97 Å². The van der Waals surface area contributed by atoms with Gasteiger partial charge in [0.2, 0.25) is 23.7 Å². The number of imide groups is 2. The summed E-state index contributed by atoms with van der Waals surface area (Å²) in [5.74, 6) is -1.29. The summed E-state index contributed by atoms with van der Waals surface area (Å²) in [4.78, 5) is 95.9. The van der Waals surface area contributed by atoms with Crippen molar-refractivity contribution in [2.24, 2.45) is 0 Å². The number of anilines is 3. The van der Waals surface area contributed by atoms with Crippen LogP contribution in [0, 0.1) is 6.92 Å². The topological polar surface area (TPSA) is 187 Å². The number of rotatable bonds is 13. The lowest BCUT2D eigenvalue weighted by atomic mass is 10.0. The number of piperazine rings is 1. The average molecular weight is 838 g/mol. The summed E-state index contributed by atoms with van der Waals surface area (Å²) < 4.78 is 0. The summed E-state index contributed by atoms with van der Waals surface area (Å²) in [5.41, 5.74) is 6.10. The number of carbonyl (C=O) groups is 6. The number of nitrogens with one attached hydrogen (secondary N) is 3. The van der Waals surface area contributed by atoms with Crippen LogP contribution in [0.15, 0.2) is 102 Å². The van der Waals surface area contributed by atoms with Crippen molar-refractivity contribution >= 4 is 64.5 Å². The Kier molecular flexibility index (Phi) is 12.2. The van der Waals surface area contributed by atoms with Crippen LogP contribution in [0.25, 0.3) is 11.3 Å². The second kappa shape index (κ2) is 18.2. The van der Waals surface area contributed by atoms with Crippen molar-refractivity contribution in [2.75, 3.05) is 42.6 Å². The number of amides is 6. The molecule has 8 rings (SSSR count). The van der Waals surface area contributed by atoms with Gasteiger partial charge in [-0.05, 0) is 91.2 Å². The van der Waals surface area contributed by atoms with Crippen molar-refractivity contribution in [3.05, 3.63) is 125 Å². The summed E-state index contributed by atoms with van der Waals surface area (Å²) in [6, 6.07) is 22.8. The number of thioether (sulfide) groups is 1. The van der Waals surface area contributed by atoms with Crippen LogP contribution in [0.3, 0.4) is 0 Å². The third kappa shape index (κ3) is 9.35. The van der Waals surface area contributed by atoms with E-state index in [1.165, 1.54) is 11.8 Å². The number of benzene rings is 3. The van der Waals surface area contributed by atoms with E-state index in [1.54, 1.807) is 36.8 Å². The van der Waals surface area contributed by atoms with Crippen molar-refractivity contribution in [3.8, 4) is 11.3 Å². The maximum atomic E-state index is 13.4. The SMILES string of the molecule is Cc1ccc(NC(=O)c2ccc(CN3CCN(C(=O)CCCSc4cccc5c4C(=O)N(C4CCC(=O)NC4=O)C5=O)CC3)cc2)cc1Nc1nccc(-c2cccnc2)n1. The molecule has 0 bridgehead atoms. The highest BCUT2D eigenvalue weighted by molar-refractivity contribution is 7.99. The normalized spacial score (nSPS) is 16.6. The van der Waals surface area contributed by atoms with Gasteiger partial charge in [0.15, 0.2) is 0 Å². The van der Waals surface area contributed by atoms with Gasteiger partial charge in [0, 0.05) is 91.6 Å². The van der Waals surface area contributed by atoms with Gasteiger partial charge in [-0.15, -0.1) is 11.8 Å². The van der Waals surface area contributed by atoms with E-state index >= 15 is 0 Å². The number of nitrogens with zero attached hydrogens (tertiary/aromatic N) is 6. The highest BCUT2D eigenvalue weighted by Crippen LogP contribution is 2.35. The zero-order valence-corrected chi connectivity index (χ0v) is 34.2. The number of aryl methyl sites for hydroxylation is 1. The Morgan fingerprint density at radius 1 is 0.902 bits per heavy atom. The first-order chi connectivity index (χ1) is 29.6. The van der Waals surface area contributed by atoms with E-state index in [0.29, 0.717) is 60.3 Å². The summed E-state index contributed by atoms with van der Waals surface area (Å²) in [6.07, 6.45) is 6.25. The first-order valence-electron chi connectivity index (χ1n) is 20.1. The fourth-order valence-corrected chi connectivity index (χ4v) is 8.62. The first-order valence-corrected chi connectivity index (χ1v) is 21.1. The van der Waals surface area contributed by atoms with Crippen LogP contribution in [0.2, 0.25) is 0 Å². The molecule has 6 amide bonds. The van der Waals surface area contributed by atoms with Crippen molar-refractivity contribution in [2.45, 2.75) is 50.1 Å². The van der Waals surface area contributed by atoms with Crippen LogP contribution in [0.4, 0.5) is 17.3 Å². The van der Waals surface area contributed by atoms with Gasteiger partial charge >= 0.3 is 0 Å². The smallest absolute Gasteiger partial charge is 0.263 e. The molecule has 2 aromatic heterocycles. The van der Waals surface area contributed by atoms with E-state index < -0.39 is 29.7 Å². The van der Waals surface area contributed by atoms with Crippen molar-refractivity contribution in [3.63, 3.8) is 0 Å². The molecule has 1 atom stereocenters. The van der Waals surface area contributed by atoms with Crippen molar-refractivity contribution in [1.82, 2.24) is 35.0 Å². The summed E-state index contributed by atoms with van der Waals surface area (Å²) in [5, 5.41) is 8.49. The predicted molar refractivity (Wildman–Crippen MR) is 229 cm³/mol. The van der Waals surface area contributed by atoms with Gasteiger partial charge < -0.3 is 15.5 Å². The summed E-state index contributed by atoms with van der Waals surface area (Å²) in [7, 11) is 0. The molecular formula is C45H43N9O6S. The second-order valence-corrected chi connectivity index (χ2v) is 16.2. The number of fused-ring (bicyclic) bond motifs is 1. The van der Waals surface area contributed by atoms with Gasteiger partial charge in [-0.1, -0.05) is 24.3 Å². The van der Waals surface area contributed by atoms with E-state index in [9.17, 15) is 28.8 Å². The molecule has 3 aromatic carbocycles. The molecule has 0 spiro atoms. The van der Waals surface area contributed by atoms with Crippen LogP contribution >= 0.6 is 11.8 Å². The highest BCUT2D eigenvalue weighted by Gasteiger charge is 2.45. The number of aromatic nitrogens is 3. The number of hydrogen-bond donors (Lipinski definition) is 3. The number of carbonyl (C=O) groups excluding carboxylic acids is 6. The number of hydrogen-bond acceptors (Lipinski definition) is 12. The molecule has 0 radical (unpaired) electrons. The minimum Gasteiger partial charge on any atom is -0.340 e. The molecule has 16 heteroatoms. The molecule has 15 nitrogen and oxygen atoms in total. The Bertz CT molecular complexity index is 2510. The molecular weight excluding hydrogens is 795 g/mol. The molecule has 5 aromatic rings. The Morgan fingerprint density at radius 3 is 2.49 bits per heavy atom. The third-order valence-corrected chi connectivity index (χ3v) is 12.1. The monoisotopic (exact) mass is 837 g/mol. The molecule has 3 aliphatic rings. The zero-order chi connectivity index (χ0) is 42.5. The minimum atomic E-state index is -1.02. The summed E-state index contributed by atoms with van der Waals surface area (Å²) >= 11 is 1.41. The van der Waals surface area contributed by atoms with Crippen molar-refractivity contribution in [1.29, 1.82) is 0 Å². The lowest BCUT2D eigenvalue weighted by molar-refractivity contribution is -0.136. The molecule has 0 saturated carbocycles. The molecule has 310 valence electrons. The number of piperidine rings is 1. The Hall–Kier alpha value is -6.78. The molecule has 5 heterocycles. The highest BCUT2D eigenvalue weighted by atomic mass is 32.2. The average Bonchev–Trinajstić information content (AvgIpc) is 3.53. The predicted octanol–water partition coefficient (Wildman–Crippen LogP) is 5.46. The van der Waals surface area contributed by atoms with Gasteiger partial charge in [0.1, 0.15) is 6.04 Å². The molecule has 1 unspecified atom stereocenters. The van der Waals surface area contributed by atoms with Crippen LogP contribution in [-0.4, -0.2) is 103 Å². The fourth-order valence-electron chi connectivity index (χ4n) is 7.60. The molecule has 0 aliphatic carbocycles. The lowest BCUT2D eigenvalue weighted by Crippen LogP contribution is -2.54. The third-order valence-electron chi connectivity index (χ3n) is 10.9. The Balaban J connectivity index is 0.772. The summed E-state index contributed by atoms with van der Waals surface area (Å²) in [6.45, 7) is 5.33. The minimum absolute atomic E-state index is 0.0594. The van der Waals surface area contributed by atoms with E-state index in [-0.39, 0.29) is 35.8 Å². The van der Waals surface area contributed by atoms with Crippen molar-refractivity contribution < 1.29 is 28.8 Å². The number of pyridine rings is 1. The van der Waals surface area contributed by atoms with Gasteiger partial charge in [-0.3, -0.25) is 48.9 Å². The van der Waals surface area contributed by atoms with Gasteiger partial charge in [-0.2, -0.15) is 0 Å². The van der Waals surface area contributed by atoms with Gasteiger partial charge in [0.05, 0.1) is 16.8 Å². The molecule has 2 fully saturated rings. The molecule has 2 saturated heterocycles. The standard InChI is InChI=1S/C45H43N9O6S/c1-28-9-14-32(25-35(28)50-45-47-19-17-34(49-45)31-5-3-18-46-26-31)48-41(57)30-12-10-29(11-13-30)27-52-20-22-53(23-21-52)39(56)8-4-24-61-37-7-2-6-33-40(37)44(60)54(43(33)59)36-15-16-38(55)51-42(36)58/h2-3,5-7,9-14,17-19,25-26,36H,4,8,15-16,20-24,27H2,1H3,(H,48,57)(H,47,49,50)(H,51,55,58). The fraction of sp³-hybridized carbons (Fsp3) is 0.267. The largest absolute Gasteiger partial charge is 0.340 e. The van der Waals surface area contributed by atoms with Crippen LogP contribution in [0.5, 0.6) is 0 Å². The molecule has 3 N–H and O–H groups in total.